The van der Waals surface area contributed by atoms with Gasteiger partial charge in [-0.25, -0.2) is 8.42 Å². The van der Waals surface area contributed by atoms with Gasteiger partial charge in [0.2, 0.25) is 15.9 Å². The predicted molar refractivity (Wildman–Crippen MR) is 116 cm³/mol. The summed E-state index contributed by atoms with van der Waals surface area (Å²) in [6.07, 6.45) is -0.0176. The lowest BCUT2D eigenvalue weighted by Gasteiger charge is -2.39. The van der Waals surface area contributed by atoms with E-state index < -0.39 is 34.0 Å². The molecule has 0 bridgehead atoms. The van der Waals surface area contributed by atoms with Crippen molar-refractivity contribution in [3.8, 4) is 0 Å². The number of amides is 1. The molecular formula is C19H17BrCl2N2O5S. The summed E-state index contributed by atoms with van der Waals surface area (Å²) in [6, 6.07) is 9.07. The third-order valence-corrected chi connectivity index (χ3v) is 7.53. The van der Waals surface area contributed by atoms with Crippen LogP contribution < -0.4 is 5.32 Å². The number of carbonyl (C=O) groups excluding carboxylic acids is 1. The lowest BCUT2D eigenvalue weighted by atomic mass is 10.0. The van der Waals surface area contributed by atoms with E-state index in [9.17, 15) is 23.1 Å². The van der Waals surface area contributed by atoms with Crippen molar-refractivity contribution in [1.29, 1.82) is 0 Å². The smallest absolute Gasteiger partial charge is 0.305 e. The number of halogens is 3. The van der Waals surface area contributed by atoms with Gasteiger partial charge in [0.15, 0.2) is 0 Å². The second-order valence-corrected chi connectivity index (χ2v) is 10.4. The average Bonchev–Trinajstić information content (AvgIpc) is 2.59. The van der Waals surface area contributed by atoms with Crippen LogP contribution in [0.2, 0.25) is 10.0 Å². The van der Waals surface area contributed by atoms with Crippen LogP contribution >= 0.6 is 39.1 Å². The molecule has 0 unspecified atom stereocenters. The molecule has 7 nitrogen and oxygen atoms in total. The second kappa shape index (κ2) is 9.23. The number of aliphatic carboxylic acids is 1. The van der Waals surface area contributed by atoms with E-state index in [4.69, 9.17) is 23.2 Å². The van der Waals surface area contributed by atoms with Crippen LogP contribution in [0.4, 0.5) is 0 Å². The minimum Gasteiger partial charge on any atom is -0.481 e. The fourth-order valence-electron chi connectivity index (χ4n) is 3.12. The Balaban J connectivity index is 1.80. The molecule has 0 radical (unpaired) electrons. The minimum absolute atomic E-state index is 0.104. The van der Waals surface area contributed by atoms with Crippen LogP contribution in [0.25, 0.3) is 0 Å². The van der Waals surface area contributed by atoms with Crippen molar-refractivity contribution in [3.05, 3.63) is 62.5 Å². The van der Waals surface area contributed by atoms with Crippen LogP contribution in [0, 0.1) is 0 Å². The number of carboxylic acids is 1. The Bertz CT molecular complexity index is 1060. The van der Waals surface area contributed by atoms with Crippen LogP contribution in [-0.4, -0.2) is 42.3 Å². The summed E-state index contributed by atoms with van der Waals surface area (Å²) in [5.41, 5.74) is 0.601. The van der Waals surface area contributed by atoms with Crippen molar-refractivity contribution in [1.82, 2.24) is 9.62 Å². The lowest BCUT2D eigenvalue weighted by molar-refractivity contribution is -0.138. The van der Waals surface area contributed by atoms with Gasteiger partial charge in [0.1, 0.15) is 6.04 Å². The highest BCUT2D eigenvalue weighted by molar-refractivity contribution is 9.10. The molecule has 2 aromatic carbocycles. The first kappa shape index (κ1) is 23.0. The molecule has 0 aromatic heterocycles. The van der Waals surface area contributed by atoms with Gasteiger partial charge in [-0.05, 0) is 42.3 Å². The van der Waals surface area contributed by atoms with Crippen LogP contribution in [0.1, 0.15) is 24.4 Å². The summed E-state index contributed by atoms with van der Waals surface area (Å²) in [5, 5.41) is 12.2. The maximum absolute atomic E-state index is 12.9. The van der Waals surface area contributed by atoms with Crippen LogP contribution in [0.5, 0.6) is 0 Å². The Morgan fingerprint density at radius 2 is 1.77 bits per heavy atom. The van der Waals surface area contributed by atoms with Gasteiger partial charge in [-0.1, -0.05) is 51.3 Å². The Labute approximate surface area is 192 Å². The number of benzene rings is 2. The van der Waals surface area contributed by atoms with E-state index in [0.29, 0.717) is 12.0 Å². The highest BCUT2D eigenvalue weighted by Gasteiger charge is 2.43. The van der Waals surface area contributed by atoms with E-state index in [-0.39, 0.29) is 27.9 Å². The molecule has 1 saturated heterocycles. The summed E-state index contributed by atoms with van der Waals surface area (Å²) in [4.78, 5) is 24.0. The van der Waals surface area contributed by atoms with Crippen molar-refractivity contribution in [2.75, 3.05) is 6.54 Å². The van der Waals surface area contributed by atoms with Crippen molar-refractivity contribution in [3.63, 3.8) is 0 Å². The molecule has 1 aliphatic heterocycles. The summed E-state index contributed by atoms with van der Waals surface area (Å²) >= 11 is 15.1. The normalized spacial score (nSPS) is 17.8. The first-order valence-corrected chi connectivity index (χ1v) is 11.8. The number of sulfonamides is 1. The number of nitrogens with one attached hydrogen (secondary N) is 1. The molecule has 160 valence electrons. The van der Waals surface area contributed by atoms with Gasteiger partial charge in [-0.3, -0.25) is 9.59 Å². The summed E-state index contributed by atoms with van der Waals surface area (Å²) in [6.45, 7) is 0.159. The number of hydrogen-bond acceptors (Lipinski definition) is 4. The molecule has 2 aromatic rings. The number of carbonyl (C=O) groups is 2. The van der Waals surface area contributed by atoms with Gasteiger partial charge in [-0.2, -0.15) is 4.31 Å². The molecule has 1 amide bonds. The maximum Gasteiger partial charge on any atom is 0.305 e. The molecule has 0 spiro atoms. The van der Waals surface area contributed by atoms with Gasteiger partial charge in [0.25, 0.3) is 0 Å². The van der Waals surface area contributed by atoms with E-state index >= 15 is 0 Å². The van der Waals surface area contributed by atoms with Gasteiger partial charge < -0.3 is 10.4 Å². The number of nitrogens with zero attached hydrogens (tertiary/aromatic N) is 1. The van der Waals surface area contributed by atoms with E-state index in [1.807, 2.05) is 0 Å². The number of hydrogen-bond donors (Lipinski definition) is 2. The lowest BCUT2D eigenvalue weighted by Crippen LogP contribution is -2.58. The molecule has 0 saturated carbocycles. The average molecular weight is 536 g/mol. The topological polar surface area (TPSA) is 104 Å². The van der Waals surface area contributed by atoms with Crippen molar-refractivity contribution < 1.29 is 23.1 Å². The standard InChI is InChI=1S/C19H17BrCl2N2O5S/c20-12-3-1-11(2-4-12)16(10-18(25)26)23-19(27)17-5-6-24(17)30(28,29)15-8-13(21)7-14(22)9-15/h1-4,7-9,16-17H,5-6,10H2,(H,23,27)(H,25,26)/t16-,17+/m1/s1. The zero-order chi connectivity index (χ0) is 22.1. The number of rotatable bonds is 7. The SMILES string of the molecule is O=C(O)C[C@@H](NC(=O)[C@@H]1CCN1S(=O)(=O)c1cc(Cl)cc(Cl)c1)c1ccc(Br)cc1. The molecule has 0 aliphatic carbocycles. The summed E-state index contributed by atoms with van der Waals surface area (Å²) < 4.78 is 27.7. The molecule has 1 heterocycles. The highest BCUT2D eigenvalue weighted by atomic mass is 79.9. The Kier molecular flexibility index (Phi) is 7.09. The molecule has 11 heteroatoms. The van der Waals surface area contributed by atoms with E-state index in [1.54, 1.807) is 24.3 Å². The van der Waals surface area contributed by atoms with E-state index in [1.165, 1.54) is 18.2 Å². The maximum atomic E-state index is 12.9. The van der Waals surface area contributed by atoms with Crippen molar-refractivity contribution >= 4 is 61.0 Å². The van der Waals surface area contributed by atoms with Crippen LogP contribution in [0.3, 0.4) is 0 Å². The van der Waals surface area contributed by atoms with E-state index in [0.717, 1.165) is 8.78 Å². The van der Waals surface area contributed by atoms with Crippen LogP contribution in [-0.2, 0) is 19.6 Å². The molecule has 1 aliphatic rings. The summed E-state index contributed by atoms with van der Waals surface area (Å²) in [7, 11) is -3.99. The summed E-state index contributed by atoms with van der Waals surface area (Å²) in [5.74, 6) is -1.65. The third-order valence-electron chi connectivity index (χ3n) is 4.68. The molecular weight excluding hydrogens is 519 g/mol. The molecule has 30 heavy (non-hydrogen) atoms. The highest BCUT2D eigenvalue weighted by Crippen LogP contribution is 2.31. The fourth-order valence-corrected chi connectivity index (χ4v) is 5.74. The third kappa shape index (κ3) is 5.15. The molecule has 2 atom stereocenters. The Morgan fingerprint density at radius 3 is 2.27 bits per heavy atom. The van der Waals surface area contributed by atoms with Gasteiger partial charge in [0, 0.05) is 21.1 Å². The van der Waals surface area contributed by atoms with Gasteiger partial charge in [-0.15, -0.1) is 0 Å². The van der Waals surface area contributed by atoms with Crippen molar-refractivity contribution in [2.45, 2.75) is 29.8 Å². The van der Waals surface area contributed by atoms with Gasteiger partial charge in [0.05, 0.1) is 17.4 Å². The number of carboxylic acid groups (broad SMARTS) is 1. The van der Waals surface area contributed by atoms with Crippen molar-refractivity contribution in [2.24, 2.45) is 0 Å². The van der Waals surface area contributed by atoms with Gasteiger partial charge >= 0.3 is 5.97 Å². The minimum atomic E-state index is -3.99. The van der Waals surface area contributed by atoms with Crippen LogP contribution in [0.15, 0.2) is 51.8 Å². The molecule has 2 N–H and O–H groups in total. The second-order valence-electron chi connectivity index (χ2n) is 6.74. The zero-order valence-corrected chi connectivity index (χ0v) is 19.3. The monoisotopic (exact) mass is 534 g/mol. The van der Waals surface area contributed by atoms with E-state index in [2.05, 4.69) is 21.2 Å². The predicted octanol–water partition coefficient (Wildman–Crippen LogP) is 3.85. The Morgan fingerprint density at radius 1 is 1.17 bits per heavy atom. The first-order chi connectivity index (χ1) is 14.1. The molecule has 1 fully saturated rings. The quantitative estimate of drug-likeness (QED) is 0.560. The zero-order valence-electron chi connectivity index (χ0n) is 15.4. The Hall–Kier alpha value is -1.65. The first-order valence-electron chi connectivity index (χ1n) is 8.83. The fraction of sp³-hybridized carbons (Fsp3) is 0.263. The largest absolute Gasteiger partial charge is 0.481 e. The molecule has 3 rings (SSSR count).